The number of anilines is 1. The Morgan fingerprint density at radius 1 is 1.29 bits per heavy atom. The Bertz CT molecular complexity index is 314. The molecule has 0 radical (unpaired) electrons. The molecule has 76 valence electrons. The van der Waals surface area contributed by atoms with Crippen LogP contribution >= 0.6 is 0 Å². The molecule has 1 heterocycles. The second-order valence-electron chi connectivity index (χ2n) is 4.30. The van der Waals surface area contributed by atoms with Gasteiger partial charge in [-0.05, 0) is 31.4 Å². The number of hydrogen-bond donors (Lipinski definition) is 1. The van der Waals surface area contributed by atoms with Gasteiger partial charge in [0.25, 0.3) is 0 Å². The standard InChI is InChI=1S/C12H18N2/c1-9-7-12(14-8-11(9)13)10-5-3-2-4-6-10/h7-8,10H,2-6,13H2,1H3. The highest BCUT2D eigenvalue weighted by Gasteiger charge is 2.16. The molecule has 1 aromatic heterocycles. The third kappa shape index (κ3) is 1.89. The third-order valence-electron chi connectivity index (χ3n) is 3.20. The highest BCUT2D eigenvalue weighted by atomic mass is 14.7. The summed E-state index contributed by atoms with van der Waals surface area (Å²) in [5.41, 5.74) is 8.98. The van der Waals surface area contributed by atoms with E-state index in [-0.39, 0.29) is 0 Å². The van der Waals surface area contributed by atoms with Gasteiger partial charge in [0, 0.05) is 11.6 Å². The van der Waals surface area contributed by atoms with Gasteiger partial charge in [-0.15, -0.1) is 0 Å². The van der Waals surface area contributed by atoms with Gasteiger partial charge >= 0.3 is 0 Å². The number of aromatic nitrogens is 1. The van der Waals surface area contributed by atoms with Gasteiger partial charge in [0.15, 0.2) is 0 Å². The third-order valence-corrected chi connectivity index (χ3v) is 3.20. The Labute approximate surface area is 85.5 Å². The lowest BCUT2D eigenvalue weighted by molar-refractivity contribution is 0.436. The highest BCUT2D eigenvalue weighted by Crippen LogP contribution is 2.32. The molecule has 0 bridgehead atoms. The van der Waals surface area contributed by atoms with Crippen molar-refractivity contribution in [1.82, 2.24) is 4.98 Å². The maximum absolute atomic E-state index is 5.76. The van der Waals surface area contributed by atoms with E-state index in [9.17, 15) is 0 Å². The summed E-state index contributed by atoms with van der Waals surface area (Å²) in [6, 6.07) is 2.16. The molecule has 2 nitrogen and oxygen atoms in total. The summed E-state index contributed by atoms with van der Waals surface area (Å²) >= 11 is 0. The molecule has 2 heteroatoms. The summed E-state index contributed by atoms with van der Waals surface area (Å²) in [5, 5.41) is 0. The van der Waals surface area contributed by atoms with Crippen molar-refractivity contribution in [3.8, 4) is 0 Å². The summed E-state index contributed by atoms with van der Waals surface area (Å²) in [4.78, 5) is 4.44. The fourth-order valence-corrected chi connectivity index (χ4v) is 2.21. The lowest BCUT2D eigenvalue weighted by Crippen LogP contribution is -2.07. The van der Waals surface area contributed by atoms with Gasteiger partial charge < -0.3 is 5.73 Å². The second kappa shape index (κ2) is 3.99. The molecule has 1 aliphatic rings. The summed E-state index contributed by atoms with van der Waals surface area (Å²) in [7, 11) is 0. The summed E-state index contributed by atoms with van der Waals surface area (Å²) in [6.45, 7) is 2.06. The van der Waals surface area contributed by atoms with E-state index in [0.717, 1.165) is 5.69 Å². The van der Waals surface area contributed by atoms with Crippen LogP contribution < -0.4 is 5.73 Å². The minimum Gasteiger partial charge on any atom is -0.397 e. The summed E-state index contributed by atoms with van der Waals surface area (Å²) in [6.07, 6.45) is 8.52. The van der Waals surface area contributed by atoms with E-state index in [1.807, 2.05) is 0 Å². The molecule has 1 saturated carbocycles. The fourth-order valence-electron chi connectivity index (χ4n) is 2.21. The zero-order valence-electron chi connectivity index (χ0n) is 8.79. The molecule has 1 aromatic rings. The van der Waals surface area contributed by atoms with Gasteiger partial charge in [0.05, 0.1) is 11.9 Å². The monoisotopic (exact) mass is 190 g/mol. The van der Waals surface area contributed by atoms with E-state index >= 15 is 0 Å². The number of aryl methyl sites for hydroxylation is 1. The molecule has 1 fully saturated rings. The molecule has 0 aliphatic heterocycles. The molecule has 0 unspecified atom stereocenters. The van der Waals surface area contributed by atoms with E-state index < -0.39 is 0 Å². The van der Waals surface area contributed by atoms with E-state index in [1.165, 1.54) is 43.4 Å². The molecule has 0 aromatic carbocycles. The first kappa shape index (κ1) is 9.50. The van der Waals surface area contributed by atoms with Crippen molar-refractivity contribution in [2.45, 2.75) is 44.9 Å². The second-order valence-corrected chi connectivity index (χ2v) is 4.30. The lowest BCUT2D eigenvalue weighted by atomic mass is 9.86. The van der Waals surface area contributed by atoms with Crippen molar-refractivity contribution in [2.75, 3.05) is 5.73 Å². The topological polar surface area (TPSA) is 38.9 Å². The van der Waals surface area contributed by atoms with Crippen LogP contribution in [0.5, 0.6) is 0 Å². The predicted molar refractivity (Wildman–Crippen MR) is 59.2 cm³/mol. The van der Waals surface area contributed by atoms with Gasteiger partial charge in [-0.1, -0.05) is 19.3 Å². The number of rotatable bonds is 1. The normalized spacial score (nSPS) is 18.4. The number of nitrogens with two attached hydrogens (primary N) is 1. The minimum absolute atomic E-state index is 0.683. The van der Waals surface area contributed by atoms with E-state index in [2.05, 4.69) is 18.0 Å². The molecule has 2 N–H and O–H groups in total. The molecule has 14 heavy (non-hydrogen) atoms. The first-order chi connectivity index (χ1) is 6.77. The zero-order chi connectivity index (χ0) is 9.97. The molecular weight excluding hydrogens is 172 g/mol. The Kier molecular flexibility index (Phi) is 2.71. The number of nitrogens with zero attached hydrogens (tertiary/aromatic N) is 1. The molecule has 2 rings (SSSR count). The lowest BCUT2D eigenvalue weighted by Gasteiger charge is -2.21. The molecule has 0 amide bonds. The predicted octanol–water partition coefficient (Wildman–Crippen LogP) is 3.02. The maximum atomic E-state index is 5.76. The van der Waals surface area contributed by atoms with Gasteiger partial charge in [0.1, 0.15) is 0 Å². The van der Waals surface area contributed by atoms with Crippen molar-refractivity contribution in [2.24, 2.45) is 0 Å². The Morgan fingerprint density at radius 3 is 2.64 bits per heavy atom. The van der Waals surface area contributed by atoms with Gasteiger partial charge in [0.2, 0.25) is 0 Å². The van der Waals surface area contributed by atoms with Crippen molar-refractivity contribution in [1.29, 1.82) is 0 Å². The van der Waals surface area contributed by atoms with Gasteiger partial charge in [-0.25, -0.2) is 0 Å². The van der Waals surface area contributed by atoms with Crippen LogP contribution in [0, 0.1) is 6.92 Å². The number of pyridine rings is 1. The van der Waals surface area contributed by atoms with Crippen LogP contribution in [0.15, 0.2) is 12.3 Å². The van der Waals surface area contributed by atoms with Crippen molar-refractivity contribution in [3.63, 3.8) is 0 Å². The van der Waals surface area contributed by atoms with Crippen LogP contribution in [0.3, 0.4) is 0 Å². The molecule has 0 saturated heterocycles. The van der Waals surface area contributed by atoms with Crippen LogP contribution in [0.4, 0.5) is 5.69 Å². The smallest absolute Gasteiger partial charge is 0.0530 e. The number of nitrogen functional groups attached to an aromatic ring is 1. The van der Waals surface area contributed by atoms with Crippen LogP contribution in [-0.2, 0) is 0 Å². The first-order valence-electron chi connectivity index (χ1n) is 5.49. The van der Waals surface area contributed by atoms with Crippen LogP contribution in [0.25, 0.3) is 0 Å². The summed E-state index contributed by atoms with van der Waals surface area (Å²) < 4.78 is 0. The molecule has 0 atom stereocenters. The van der Waals surface area contributed by atoms with E-state index in [0.29, 0.717) is 5.92 Å². The quantitative estimate of drug-likeness (QED) is 0.739. The molecule has 1 aliphatic carbocycles. The van der Waals surface area contributed by atoms with E-state index in [4.69, 9.17) is 5.73 Å². The molecule has 0 spiro atoms. The highest BCUT2D eigenvalue weighted by molar-refractivity contribution is 5.44. The van der Waals surface area contributed by atoms with E-state index in [1.54, 1.807) is 6.20 Å². The average molecular weight is 190 g/mol. The van der Waals surface area contributed by atoms with Gasteiger partial charge in [-0.2, -0.15) is 0 Å². The van der Waals surface area contributed by atoms with Crippen LogP contribution in [0.1, 0.15) is 49.3 Å². The SMILES string of the molecule is Cc1cc(C2CCCCC2)ncc1N. The maximum Gasteiger partial charge on any atom is 0.0530 e. The summed E-state index contributed by atoms with van der Waals surface area (Å²) in [5.74, 6) is 0.683. The Morgan fingerprint density at radius 2 is 2.00 bits per heavy atom. The minimum atomic E-state index is 0.683. The van der Waals surface area contributed by atoms with Crippen molar-refractivity contribution >= 4 is 5.69 Å². The largest absolute Gasteiger partial charge is 0.397 e. The van der Waals surface area contributed by atoms with Crippen molar-refractivity contribution < 1.29 is 0 Å². The average Bonchev–Trinajstić information content (AvgIpc) is 2.23. The van der Waals surface area contributed by atoms with Gasteiger partial charge in [-0.3, -0.25) is 4.98 Å². The Balaban J connectivity index is 2.18. The fraction of sp³-hybridized carbons (Fsp3) is 0.583. The van der Waals surface area contributed by atoms with Crippen LogP contribution in [0.2, 0.25) is 0 Å². The zero-order valence-corrected chi connectivity index (χ0v) is 8.79. The first-order valence-corrected chi connectivity index (χ1v) is 5.49. The van der Waals surface area contributed by atoms with Crippen LogP contribution in [-0.4, -0.2) is 4.98 Å². The Hall–Kier alpha value is -1.05. The number of hydrogen-bond acceptors (Lipinski definition) is 2. The van der Waals surface area contributed by atoms with Crippen molar-refractivity contribution in [3.05, 3.63) is 23.5 Å². The molecular formula is C12H18N2.